The SMILES string of the molecule is [2H]c1c([2H])c(N(c2c([2H])c([2H])c(-c3c(-c4ccccc4)ccc4ccccc34)c([2H])c2[2H])c2c([2H])c([2H])c(-c3cc4ccccc4c4ccccc34)c([2H])c2[2H])c([2H])c([2H])c1-c1ccccc1. The summed E-state index contributed by atoms with van der Waals surface area (Å²) in [6.07, 6.45) is 0. The standard InChI is InChI=1S/C54H37N/c1-3-13-38(14-4-1)39-23-30-45(31-24-39)55(46-32-25-42(26-33-46)53-37-44-18-8-9-19-48(44)51-21-11-12-22-52(51)53)47-34-27-43(28-35-47)54-49-20-10-7-17-41(49)29-36-50(54)40-15-5-2-6-16-40/h1-37H/i23D,24D,25D,26D,27D,28D,30D,31D,32D,33D,34D,35D. The molecule has 55 heavy (non-hydrogen) atoms. The van der Waals surface area contributed by atoms with Crippen molar-refractivity contribution in [1.29, 1.82) is 0 Å². The van der Waals surface area contributed by atoms with E-state index in [1.807, 2.05) is 121 Å². The third kappa shape index (κ3) is 6.02. The number of hydrogen-bond donors (Lipinski definition) is 0. The second-order valence-electron chi connectivity index (χ2n) is 13.1. The normalized spacial score (nSPS) is 14.3. The number of hydrogen-bond acceptors (Lipinski definition) is 1. The molecule has 0 amide bonds. The van der Waals surface area contributed by atoms with Crippen molar-refractivity contribution < 1.29 is 16.4 Å². The van der Waals surface area contributed by atoms with Gasteiger partial charge in [0, 0.05) is 17.1 Å². The van der Waals surface area contributed by atoms with Crippen molar-refractivity contribution in [3.05, 3.63) is 224 Å². The van der Waals surface area contributed by atoms with Gasteiger partial charge in [-0.05, 0) is 119 Å². The lowest BCUT2D eigenvalue weighted by atomic mass is 9.89. The molecule has 1 nitrogen and oxygen atoms in total. The maximum atomic E-state index is 9.79. The number of benzene rings is 10. The maximum Gasteiger partial charge on any atom is 0.0645 e. The van der Waals surface area contributed by atoms with Gasteiger partial charge < -0.3 is 4.90 Å². The van der Waals surface area contributed by atoms with Gasteiger partial charge >= 0.3 is 0 Å². The maximum absolute atomic E-state index is 9.79. The fraction of sp³-hybridized carbons (Fsp3) is 0. The van der Waals surface area contributed by atoms with Gasteiger partial charge in [0.15, 0.2) is 0 Å². The molecule has 10 aromatic carbocycles. The Morgan fingerprint density at radius 3 is 1.40 bits per heavy atom. The van der Waals surface area contributed by atoms with Crippen molar-refractivity contribution >= 4 is 49.4 Å². The van der Waals surface area contributed by atoms with Gasteiger partial charge in [-0.1, -0.05) is 182 Å². The molecular weight excluding hydrogens is 663 g/mol. The molecule has 0 aliphatic rings. The van der Waals surface area contributed by atoms with Crippen molar-refractivity contribution in [2.24, 2.45) is 0 Å². The highest BCUT2D eigenvalue weighted by molar-refractivity contribution is 6.14. The summed E-state index contributed by atoms with van der Waals surface area (Å²) in [5.41, 5.74) is 0.731. The molecule has 10 aromatic rings. The number of rotatable bonds is 7. The molecule has 1 heteroatoms. The summed E-state index contributed by atoms with van der Waals surface area (Å²) in [6, 6.07) is 38.8. The van der Waals surface area contributed by atoms with Crippen LogP contribution in [0, 0.1) is 0 Å². The minimum Gasteiger partial charge on any atom is -0.311 e. The van der Waals surface area contributed by atoms with Crippen LogP contribution in [0.15, 0.2) is 224 Å². The molecule has 0 N–H and O–H groups in total. The first kappa shape index (κ1) is 22.1. The zero-order valence-electron chi connectivity index (χ0n) is 41.4. The number of fused-ring (bicyclic) bond motifs is 4. The average Bonchev–Trinajstić information content (AvgIpc) is 3.35. The summed E-state index contributed by atoms with van der Waals surface area (Å²) < 4.78 is 115. The molecule has 0 heterocycles. The van der Waals surface area contributed by atoms with Crippen molar-refractivity contribution in [2.75, 3.05) is 4.90 Å². The minimum absolute atomic E-state index is 0.0427. The Bertz CT molecular complexity index is 3580. The smallest absolute Gasteiger partial charge is 0.0645 e. The molecule has 0 atom stereocenters. The number of nitrogens with zero attached hydrogens (tertiary/aromatic N) is 1. The molecule has 0 spiro atoms. The summed E-state index contributed by atoms with van der Waals surface area (Å²) in [6.45, 7) is 0. The van der Waals surface area contributed by atoms with Crippen LogP contribution in [0.25, 0.3) is 76.8 Å². The summed E-state index contributed by atoms with van der Waals surface area (Å²) in [7, 11) is 0. The molecule has 258 valence electrons. The molecule has 0 aliphatic carbocycles. The van der Waals surface area contributed by atoms with Gasteiger partial charge in [-0.2, -0.15) is 0 Å². The van der Waals surface area contributed by atoms with Crippen LogP contribution in [-0.2, 0) is 0 Å². The van der Waals surface area contributed by atoms with Crippen molar-refractivity contribution in [1.82, 2.24) is 0 Å². The lowest BCUT2D eigenvalue weighted by molar-refractivity contribution is 1.28. The first-order valence-electron chi connectivity index (χ1n) is 24.0. The van der Waals surface area contributed by atoms with Crippen molar-refractivity contribution in [3.63, 3.8) is 0 Å². The molecule has 0 saturated carbocycles. The van der Waals surface area contributed by atoms with E-state index in [0.29, 0.717) is 33.0 Å². The third-order valence-electron chi connectivity index (χ3n) is 9.87. The first-order valence-corrected chi connectivity index (χ1v) is 18.0. The van der Waals surface area contributed by atoms with Gasteiger partial charge in [-0.15, -0.1) is 0 Å². The van der Waals surface area contributed by atoms with E-state index in [4.69, 9.17) is 0 Å². The third-order valence-corrected chi connectivity index (χ3v) is 9.87. The summed E-state index contributed by atoms with van der Waals surface area (Å²) in [5.74, 6) is 0. The van der Waals surface area contributed by atoms with Crippen LogP contribution in [-0.4, -0.2) is 0 Å². The molecular formula is C54H37N. The van der Waals surface area contributed by atoms with Gasteiger partial charge in [0.2, 0.25) is 0 Å². The van der Waals surface area contributed by atoms with E-state index in [2.05, 4.69) is 0 Å². The van der Waals surface area contributed by atoms with Crippen LogP contribution in [0.1, 0.15) is 16.4 Å². The Morgan fingerprint density at radius 2 is 0.764 bits per heavy atom. The van der Waals surface area contributed by atoms with E-state index >= 15 is 0 Å². The quantitative estimate of drug-likeness (QED) is 0.149. The van der Waals surface area contributed by atoms with E-state index in [1.54, 1.807) is 30.3 Å². The van der Waals surface area contributed by atoms with Gasteiger partial charge in [0.25, 0.3) is 0 Å². The zero-order chi connectivity index (χ0) is 47.0. The van der Waals surface area contributed by atoms with Gasteiger partial charge in [-0.3, -0.25) is 0 Å². The summed E-state index contributed by atoms with van der Waals surface area (Å²) in [4.78, 5) is 0.865. The lowest BCUT2D eigenvalue weighted by Crippen LogP contribution is -2.09. The molecule has 0 aromatic heterocycles. The van der Waals surface area contributed by atoms with Crippen molar-refractivity contribution in [3.8, 4) is 44.5 Å². The van der Waals surface area contributed by atoms with Crippen molar-refractivity contribution in [2.45, 2.75) is 0 Å². The second kappa shape index (κ2) is 14.0. The second-order valence-corrected chi connectivity index (χ2v) is 13.1. The monoisotopic (exact) mass is 711 g/mol. The average molecular weight is 712 g/mol. The van der Waals surface area contributed by atoms with E-state index < -0.39 is 89.6 Å². The van der Waals surface area contributed by atoms with Crippen LogP contribution in [0.2, 0.25) is 0 Å². The van der Waals surface area contributed by atoms with Gasteiger partial charge in [-0.25, -0.2) is 0 Å². The Balaban J connectivity index is 1.31. The van der Waals surface area contributed by atoms with Crippen LogP contribution in [0.4, 0.5) is 17.1 Å². The fourth-order valence-corrected chi connectivity index (χ4v) is 7.26. The molecule has 0 saturated heterocycles. The van der Waals surface area contributed by atoms with E-state index in [-0.39, 0.29) is 16.7 Å². The van der Waals surface area contributed by atoms with E-state index in [9.17, 15) is 16.4 Å². The van der Waals surface area contributed by atoms with Crippen LogP contribution < -0.4 is 4.90 Å². The zero-order valence-corrected chi connectivity index (χ0v) is 29.4. The highest BCUT2D eigenvalue weighted by Gasteiger charge is 2.17. The van der Waals surface area contributed by atoms with E-state index in [1.165, 1.54) is 0 Å². The summed E-state index contributed by atoms with van der Waals surface area (Å²) in [5, 5.41) is 4.65. The molecule has 0 aliphatic heterocycles. The topological polar surface area (TPSA) is 3.24 Å². The van der Waals surface area contributed by atoms with Crippen LogP contribution in [0.3, 0.4) is 0 Å². The molecule has 0 unspecified atom stereocenters. The largest absolute Gasteiger partial charge is 0.311 e. The minimum atomic E-state index is -0.673. The fourth-order valence-electron chi connectivity index (χ4n) is 7.26. The van der Waals surface area contributed by atoms with Crippen LogP contribution in [0.5, 0.6) is 0 Å². The Labute approximate surface area is 338 Å². The van der Waals surface area contributed by atoms with E-state index in [0.717, 1.165) is 32.0 Å². The first-order chi connectivity index (χ1) is 32.3. The Hall–Kier alpha value is -7.22. The highest BCUT2D eigenvalue weighted by Crippen LogP contribution is 2.42. The highest BCUT2D eigenvalue weighted by atomic mass is 15.1. The van der Waals surface area contributed by atoms with Crippen LogP contribution >= 0.6 is 0 Å². The van der Waals surface area contributed by atoms with Gasteiger partial charge in [0.05, 0.1) is 16.4 Å². The molecule has 0 bridgehead atoms. The lowest BCUT2D eigenvalue weighted by Gasteiger charge is -2.26. The predicted octanol–water partition coefficient (Wildman–Crippen LogP) is 15.3. The van der Waals surface area contributed by atoms with Gasteiger partial charge in [0.1, 0.15) is 0 Å². The number of anilines is 3. The molecule has 0 radical (unpaired) electrons. The Kier molecular flexibility index (Phi) is 5.61. The summed E-state index contributed by atoms with van der Waals surface area (Å²) >= 11 is 0. The molecule has 0 fully saturated rings. The Morgan fingerprint density at radius 1 is 0.291 bits per heavy atom. The molecule has 10 rings (SSSR count). The predicted molar refractivity (Wildman–Crippen MR) is 235 cm³/mol.